The number of hydrogen-bond acceptors (Lipinski definition) is 6. The van der Waals surface area contributed by atoms with Gasteiger partial charge in [0.15, 0.2) is 5.82 Å². The van der Waals surface area contributed by atoms with Gasteiger partial charge in [-0.15, -0.1) is 0 Å². The second kappa shape index (κ2) is 12.4. The van der Waals surface area contributed by atoms with Crippen molar-refractivity contribution < 1.29 is 18.3 Å². The Labute approximate surface area is 210 Å². The van der Waals surface area contributed by atoms with Gasteiger partial charge in [-0.2, -0.15) is 0 Å². The summed E-state index contributed by atoms with van der Waals surface area (Å²) in [6, 6.07) is 15.6. The fourth-order valence-corrected chi connectivity index (χ4v) is 4.28. The average Bonchev–Trinajstić information content (AvgIpc) is 2.90. The molecule has 1 fully saturated rings. The molecule has 190 valence electrons. The molecule has 0 radical (unpaired) electrons. The van der Waals surface area contributed by atoms with E-state index in [1.807, 2.05) is 42.2 Å². The molecule has 0 saturated carbocycles. The average molecular weight is 496 g/mol. The standard InChI is InChI=1S/C27H31F2N5O2/c1-20(21-6-3-2-4-7-21)32-27(35)36-25(22-9-11-23(28)12-10-22)8-5-13-33-14-16-34(17-15-33)26-30-18-24(29)19-31-26/h2-4,6-7,9-12,18-20,25H,5,8,13-17H2,1H3,(H,32,35). The zero-order valence-electron chi connectivity index (χ0n) is 20.3. The van der Waals surface area contributed by atoms with Crippen molar-refractivity contribution in [2.75, 3.05) is 37.6 Å². The minimum absolute atomic E-state index is 0.200. The first-order valence-corrected chi connectivity index (χ1v) is 12.2. The number of rotatable bonds is 9. The molecule has 1 N–H and O–H groups in total. The lowest BCUT2D eigenvalue weighted by molar-refractivity contribution is 0.0861. The number of carbonyl (C=O) groups excluding carboxylic acids is 1. The lowest BCUT2D eigenvalue weighted by atomic mass is 10.0. The second-order valence-corrected chi connectivity index (χ2v) is 8.89. The highest BCUT2D eigenvalue weighted by Gasteiger charge is 2.22. The van der Waals surface area contributed by atoms with Gasteiger partial charge in [0.1, 0.15) is 11.9 Å². The van der Waals surface area contributed by atoms with Crippen molar-refractivity contribution in [3.05, 3.63) is 89.8 Å². The van der Waals surface area contributed by atoms with Crippen LogP contribution in [0.5, 0.6) is 0 Å². The van der Waals surface area contributed by atoms with E-state index in [1.54, 1.807) is 12.1 Å². The monoisotopic (exact) mass is 495 g/mol. The molecule has 7 nitrogen and oxygen atoms in total. The number of aromatic nitrogens is 2. The number of benzene rings is 2. The van der Waals surface area contributed by atoms with Crippen molar-refractivity contribution >= 4 is 12.0 Å². The van der Waals surface area contributed by atoms with Gasteiger partial charge in [0.05, 0.1) is 18.4 Å². The molecule has 0 spiro atoms. The zero-order valence-corrected chi connectivity index (χ0v) is 20.3. The first-order chi connectivity index (χ1) is 17.5. The Balaban J connectivity index is 1.29. The van der Waals surface area contributed by atoms with E-state index in [0.29, 0.717) is 12.4 Å². The maximum absolute atomic E-state index is 13.5. The number of carbonyl (C=O) groups is 1. The molecular formula is C27H31F2N5O2. The number of nitrogens with one attached hydrogen (secondary N) is 1. The summed E-state index contributed by atoms with van der Waals surface area (Å²) in [5.41, 5.74) is 1.75. The number of alkyl carbamates (subject to hydrolysis) is 1. The summed E-state index contributed by atoms with van der Waals surface area (Å²) in [4.78, 5) is 25.2. The van der Waals surface area contributed by atoms with Gasteiger partial charge < -0.3 is 15.0 Å². The first kappa shape index (κ1) is 25.5. The van der Waals surface area contributed by atoms with Crippen LogP contribution in [0.15, 0.2) is 67.0 Å². The van der Waals surface area contributed by atoms with Gasteiger partial charge in [0.25, 0.3) is 0 Å². The SMILES string of the molecule is CC(NC(=O)OC(CCCN1CCN(c2ncc(F)cn2)CC1)c1ccc(F)cc1)c1ccccc1. The van der Waals surface area contributed by atoms with Crippen LogP contribution in [0.4, 0.5) is 19.5 Å². The molecule has 4 rings (SSSR count). The van der Waals surface area contributed by atoms with Crippen LogP contribution in [0.3, 0.4) is 0 Å². The molecule has 0 bridgehead atoms. The van der Waals surface area contributed by atoms with Crippen molar-refractivity contribution in [2.45, 2.75) is 31.9 Å². The number of ether oxygens (including phenoxy) is 1. The molecule has 1 aromatic heterocycles. The molecular weight excluding hydrogens is 464 g/mol. The van der Waals surface area contributed by atoms with Gasteiger partial charge in [0.2, 0.25) is 5.95 Å². The fourth-order valence-electron chi connectivity index (χ4n) is 4.28. The smallest absolute Gasteiger partial charge is 0.408 e. The Morgan fingerprint density at radius 1 is 0.944 bits per heavy atom. The van der Waals surface area contributed by atoms with Crippen LogP contribution in [-0.2, 0) is 4.74 Å². The molecule has 36 heavy (non-hydrogen) atoms. The van der Waals surface area contributed by atoms with E-state index in [9.17, 15) is 13.6 Å². The topological polar surface area (TPSA) is 70.6 Å². The Kier molecular flexibility index (Phi) is 8.78. The molecule has 2 heterocycles. The summed E-state index contributed by atoms with van der Waals surface area (Å²) in [6.45, 7) is 5.91. The largest absolute Gasteiger partial charge is 0.441 e. The van der Waals surface area contributed by atoms with Gasteiger partial charge in [-0.3, -0.25) is 4.90 Å². The predicted molar refractivity (Wildman–Crippen MR) is 133 cm³/mol. The summed E-state index contributed by atoms with van der Waals surface area (Å²) < 4.78 is 32.4. The minimum Gasteiger partial charge on any atom is -0.441 e. The van der Waals surface area contributed by atoms with Crippen LogP contribution in [0.25, 0.3) is 0 Å². The van der Waals surface area contributed by atoms with Crippen LogP contribution in [0, 0.1) is 11.6 Å². The van der Waals surface area contributed by atoms with Gasteiger partial charge in [-0.1, -0.05) is 42.5 Å². The van der Waals surface area contributed by atoms with E-state index in [0.717, 1.165) is 50.3 Å². The van der Waals surface area contributed by atoms with Gasteiger partial charge in [0, 0.05) is 26.2 Å². The molecule has 1 aliphatic heterocycles. The Bertz CT molecular complexity index is 1090. The molecule has 1 amide bonds. The van der Waals surface area contributed by atoms with Gasteiger partial charge in [-0.05, 0) is 49.6 Å². The third-order valence-electron chi connectivity index (χ3n) is 6.33. The van der Waals surface area contributed by atoms with Crippen LogP contribution < -0.4 is 10.2 Å². The summed E-state index contributed by atoms with van der Waals surface area (Å²) in [5.74, 6) is -0.238. The highest BCUT2D eigenvalue weighted by molar-refractivity contribution is 5.68. The highest BCUT2D eigenvalue weighted by Crippen LogP contribution is 2.25. The third-order valence-corrected chi connectivity index (χ3v) is 6.33. The number of halogens is 2. The van der Waals surface area contributed by atoms with E-state index in [1.165, 1.54) is 24.5 Å². The van der Waals surface area contributed by atoms with Crippen molar-refractivity contribution in [3.63, 3.8) is 0 Å². The predicted octanol–water partition coefficient (Wildman–Crippen LogP) is 4.89. The molecule has 1 aliphatic rings. The molecule has 2 aromatic carbocycles. The van der Waals surface area contributed by atoms with Crippen molar-refractivity contribution in [1.82, 2.24) is 20.2 Å². The van der Waals surface area contributed by atoms with E-state index in [4.69, 9.17) is 4.74 Å². The second-order valence-electron chi connectivity index (χ2n) is 8.89. The minimum atomic E-state index is -0.506. The van der Waals surface area contributed by atoms with Crippen molar-refractivity contribution in [3.8, 4) is 0 Å². The van der Waals surface area contributed by atoms with Crippen LogP contribution in [0.2, 0.25) is 0 Å². The van der Waals surface area contributed by atoms with Crippen LogP contribution >= 0.6 is 0 Å². The maximum Gasteiger partial charge on any atom is 0.408 e. The molecule has 0 aliphatic carbocycles. The van der Waals surface area contributed by atoms with E-state index >= 15 is 0 Å². The normalized spacial score (nSPS) is 15.8. The number of hydrogen-bond donors (Lipinski definition) is 1. The Morgan fingerprint density at radius 3 is 2.28 bits per heavy atom. The molecule has 2 unspecified atom stereocenters. The summed E-state index contributed by atoms with van der Waals surface area (Å²) in [7, 11) is 0. The molecule has 2 atom stereocenters. The zero-order chi connectivity index (χ0) is 25.3. The highest BCUT2D eigenvalue weighted by atomic mass is 19.1. The first-order valence-electron chi connectivity index (χ1n) is 12.2. The molecule has 1 saturated heterocycles. The number of anilines is 1. The molecule has 3 aromatic rings. The van der Waals surface area contributed by atoms with E-state index < -0.39 is 18.0 Å². The number of amides is 1. The third kappa shape index (κ3) is 7.21. The Hall–Kier alpha value is -3.59. The van der Waals surface area contributed by atoms with E-state index in [2.05, 4.69) is 20.2 Å². The Morgan fingerprint density at radius 2 is 1.61 bits per heavy atom. The number of piperazine rings is 1. The molecule has 9 heteroatoms. The summed E-state index contributed by atoms with van der Waals surface area (Å²) in [6.07, 6.45) is 2.79. The summed E-state index contributed by atoms with van der Waals surface area (Å²) >= 11 is 0. The van der Waals surface area contributed by atoms with Crippen molar-refractivity contribution in [2.24, 2.45) is 0 Å². The van der Waals surface area contributed by atoms with Crippen LogP contribution in [-0.4, -0.2) is 53.7 Å². The summed E-state index contributed by atoms with van der Waals surface area (Å²) in [5, 5.41) is 2.88. The lowest BCUT2D eigenvalue weighted by Gasteiger charge is -2.34. The maximum atomic E-state index is 13.5. The van der Waals surface area contributed by atoms with Gasteiger partial charge in [-0.25, -0.2) is 23.5 Å². The quantitative estimate of drug-likeness (QED) is 0.456. The van der Waals surface area contributed by atoms with Gasteiger partial charge >= 0.3 is 6.09 Å². The lowest BCUT2D eigenvalue weighted by Crippen LogP contribution is -2.47. The van der Waals surface area contributed by atoms with E-state index in [-0.39, 0.29) is 11.9 Å². The van der Waals surface area contributed by atoms with Crippen molar-refractivity contribution in [1.29, 1.82) is 0 Å². The van der Waals surface area contributed by atoms with Crippen LogP contribution in [0.1, 0.15) is 43.0 Å². The fraction of sp³-hybridized carbons (Fsp3) is 0.370. The number of nitrogens with zero attached hydrogens (tertiary/aromatic N) is 4.